The second kappa shape index (κ2) is 14.3. The number of carbonyl (C=O) groups excluding carboxylic acids is 2. The van der Waals surface area contributed by atoms with Crippen molar-refractivity contribution < 1.29 is 27.1 Å². The first-order valence-corrected chi connectivity index (χ1v) is 16.0. The molecule has 0 heterocycles. The third-order valence-electron chi connectivity index (χ3n) is 7.55. The Balaban J connectivity index is 1.75. The number of hydrogen-bond donors (Lipinski definition) is 1. The number of carbonyl (C=O) groups is 2. The molecule has 3 aromatic rings. The largest absolute Gasteiger partial charge is 0.495 e. The van der Waals surface area contributed by atoms with Gasteiger partial charge in [-0.1, -0.05) is 79.9 Å². The smallest absolute Gasteiger partial charge is 0.244 e. The topological polar surface area (TPSA) is 96.0 Å². The van der Waals surface area contributed by atoms with Gasteiger partial charge in [-0.05, 0) is 36.6 Å². The van der Waals surface area contributed by atoms with Gasteiger partial charge in [0.05, 0.1) is 19.1 Å². The van der Waals surface area contributed by atoms with E-state index in [4.69, 9.17) is 4.74 Å². The summed E-state index contributed by atoms with van der Waals surface area (Å²) in [7, 11) is -2.54. The fourth-order valence-electron chi connectivity index (χ4n) is 5.34. The first kappa shape index (κ1) is 31.0. The van der Waals surface area contributed by atoms with E-state index < -0.39 is 34.3 Å². The highest BCUT2D eigenvalue weighted by Crippen LogP contribution is 2.30. The number of ether oxygens (including phenoxy) is 1. The van der Waals surface area contributed by atoms with Crippen LogP contribution in [0.4, 0.5) is 10.1 Å². The van der Waals surface area contributed by atoms with E-state index in [0.717, 1.165) is 48.2 Å². The molecule has 1 aliphatic carbocycles. The van der Waals surface area contributed by atoms with Crippen molar-refractivity contribution in [2.24, 2.45) is 0 Å². The standard InChI is InChI=1S/C32H38FN3O5S/c1-41-30-20-12-11-19-28(30)36(42(2,39)40)23-31(37)35(22-25-15-9-10-18-27(25)33)29(21-24-13-5-3-6-14-24)32(38)34-26-16-7-4-8-17-26/h3,5-6,9-15,18-20,26,29H,4,7-8,16-17,21-23H2,1-2H3,(H,34,38)/t29-/m0/s1. The van der Waals surface area contributed by atoms with Crippen LogP contribution in [0, 0.1) is 5.82 Å². The van der Waals surface area contributed by atoms with Gasteiger partial charge in [-0.3, -0.25) is 13.9 Å². The first-order valence-electron chi connectivity index (χ1n) is 14.1. The van der Waals surface area contributed by atoms with E-state index in [2.05, 4.69) is 5.32 Å². The van der Waals surface area contributed by atoms with Crippen LogP contribution in [0.5, 0.6) is 5.75 Å². The molecule has 1 atom stereocenters. The maximum atomic E-state index is 14.9. The summed E-state index contributed by atoms with van der Waals surface area (Å²) in [6.07, 6.45) is 6.00. The van der Waals surface area contributed by atoms with Gasteiger partial charge >= 0.3 is 0 Å². The minimum atomic E-state index is -3.96. The van der Waals surface area contributed by atoms with E-state index in [0.29, 0.717) is 0 Å². The number of anilines is 1. The molecule has 4 rings (SSSR count). The fourth-order valence-corrected chi connectivity index (χ4v) is 6.19. The Morgan fingerprint density at radius 2 is 1.60 bits per heavy atom. The van der Waals surface area contributed by atoms with Crippen LogP contribution < -0.4 is 14.4 Å². The molecule has 1 saturated carbocycles. The number of nitrogens with zero attached hydrogens (tertiary/aromatic N) is 2. The number of nitrogens with one attached hydrogen (secondary N) is 1. The lowest BCUT2D eigenvalue weighted by Crippen LogP contribution is -2.55. The highest BCUT2D eigenvalue weighted by Gasteiger charge is 2.35. The highest BCUT2D eigenvalue weighted by molar-refractivity contribution is 7.92. The molecule has 1 aliphatic rings. The SMILES string of the molecule is COc1ccccc1N(CC(=O)N(Cc1ccccc1F)[C@@H](Cc1ccccc1)C(=O)NC1CCCCC1)S(C)(=O)=O. The van der Waals surface area contributed by atoms with Crippen LogP contribution in [0.3, 0.4) is 0 Å². The van der Waals surface area contributed by atoms with Gasteiger partial charge in [-0.15, -0.1) is 0 Å². The predicted molar refractivity (Wildman–Crippen MR) is 161 cm³/mol. The average Bonchev–Trinajstić information content (AvgIpc) is 2.99. The van der Waals surface area contributed by atoms with Gasteiger partial charge < -0.3 is 15.0 Å². The lowest BCUT2D eigenvalue weighted by atomic mass is 9.94. The van der Waals surface area contributed by atoms with Crippen LogP contribution >= 0.6 is 0 Å². The minimum absolute atomic E-state index is 0.0176. The molecule has 0 aliphatic heterocycles. The molecule has 224 valence electrons. The summed E-state index contributed by atoms with van der Waals surface area (Å²) in [4.78, 5) is 29.4. The van der Waals surface area contributed by atoms with E-state index in [1.807, 2.05) is 30.3 Å². The second-order valence-electron chi connectivity index (χ2n) is 10.6. The second-order valence-corrected chi connectivity index (χ2v) is 12.5. The molecule has 42 heavy (non-hydrogen) atoms. The van der Waals surface area contributed by atoms with Crippen molar-refractivity contribution in [2.45, 2.75) is 57.2 Å². The van der Waals surface area contributed by atoms with E-state index in [-0.39, 0.29) is 41.9 Å². The Bertz CT molecular complexity index is 1460. The Hall–Kier alpha value is -3.92. The van der Waals surface area contributed by atoms with Gasteiger partial charge in [0.25, 0.3) is 0 Å². The highest BCUT2D eigenvalue weighted by atomic mass is 32.2. The maximum Gasteiger partial charge on any atom is 0.244 e. The zero-order chi connectivity index (χ0) is 30.1. The Morgan fingerprint density at radius 3 is 2.26 bits per heavy atom. The molecule has 1 N–H and O–H groups in total. The van der Waals surface area contributed by atoms with Crippen molar-refractivity contribution in [3.8, 4) is 5.75 Å². The summed E-state index contributed by atoms with van der Waals surface area (Å²) >= 11 is 0. The van der Waals surface area contributed by atoms with Gasteiger partial charge in [0.1, 0.15) is 24.2 Å². The van der Waals surface area contributed by atoms with Crippen LogP contribution in [0.25, 0.3) is 0 Å². The summed E-state index contributed by atoms with van der Waals surface area (Å²) < 4.78 is 47.2. The van der Waals surface area contributed by atoms with Crippen molar-refractivity contribution in [2.75, 3.05) is 24.2 Å². The lowest BCUT2D eigenvalue weighted by molar-refractivity contribution is -0.140. The molecule has 0 bridgehead atoms. The van der Waals surface area contributed by atoms with E-state index in [9.17, 15) is 22.4 Å². The monoisotopic (exact) mass is 595 g/mol. The van der Waals surface area contributed by atoms with Crippen LogP contribution in [0.2, 0.25) is 0 Å². The van der Waals surface area contributed by atoms with E-state index >= 15 is 0 Å². The summed E-state index contributed by atoms with van der Waals surface area (Å²) in [5.41, 5.74) is 1.22. The number of amides is 2. The zero-order valence-corrected chi connectivity index (χ0v) is 24.9. The molecule has 3 aromatic carbocycles. The molecule has 0 aromatic heterocycles. The average molecular weight is 596 g/mol. The number of sulfonamides is 1. The molecular weight excluding hydrogens is 557 g/mol. The van der Waals surface area contributed by atoms with E-state index in [1.165, 1.54) is 18.1 Å². The third-order valence-corrected chi connectivity index (χ3v) is 8.68. The van der Waals surface area contributed by atoms with Crippen LogP contribution in [-0.2, 0) is 32.6 Å². The van der Waals surface area contributed by atoms with Crippen molar-refractivity contribution in [1.82, 2.24) is 10.2 Å². The number of benzene rings is 3. The van der Waals surface area contributed by atoms with Crippen LogP contribution in [0.15, 0.2) is 78.9 Å². The third kappa shape index (κ3) is 8.09. The Kier molecular flexibility index (Phi) is 10.6. The Labute approximate surface area is 247 Å². The van der Waals surface area contributed by atoms with Crippen molar-refractivity contribution in [1.29, 1.82) is 0 Å². The van der Waals surface area contributed by atoms with Gasteiger partial charge in [-0.2, -0.15) is 0 Å². The molecule has 1 fully saturated rings. The number of para-hydroxylation sites is 2. The molecule has 0 unspecified atom stereocenters. The summed E-state index contributed by atoms with van der Waals surface area (Å²) in [5.74, 6) is -1.24. The zero-order valence-electron chi connectivity index (χ0n) is 24.0. The van der Waals surface area contributed by atoms with E-state index in [1.54, 1.807) is 42.5 Å². The molecule has 2 amide bonds. The number of hydrogen-bond acceptors (Lipinski definition) is 5. The molecule has 8 nitrogen and oxygen atoms in total. The molecular formula is C32H38FN3O5S. The maximum absolute atomic E-state index is 14.9. The normalized spacial score (nSPS) is 14.5. The molecule has 0 saturated heterocycles. The van der Waals surface area contributed by atoms with Crippen molar-refractivity contribution >= 4 is 27.5 Å². The van der Waals surface area contributed by atoms with Crippen LogP contribution in [-0.4, -0.2) is 57.1 Å². The number of halogens is 1. The van der Waals surface area contributed by atoms with Gasteiger partial charge in [0, 0.05) is 24.6 Å². The Morgan fingerprint density at radius 1 is 0.952 bits per heavy atom. The minimum Gasteiger partial charge on any atom is -0.495 e. The summed E-state index contributed by atoms with van der Waals surface area (Å²) in [6.45, 7) is -0.819. The van der Waals surface area contributed by atoms with Crippen molar-refractivity contribution in [3.05, 3.63) is 95.8 Å². The molecule has 0 radical (unpaired) electrons. The number of rotatable bonds is 12. The van der Waals surface area contributed by atoms with Gasteiger partial charge in [0.2, 0.25) is 21.8 Å². The number of methoxy groups -OCH3 is 1. The quantitative estimate of drug-likeness (QED) is 0.328. The van der Waals surface area contributed by atoms with Gasteiger partial charge in [-0.25, -0.2) is 12.8 Å². The molecule has 0 spiro atoms. The van der Waals surface area contributed by atoms with Crippen LogP contribution in [0.1, 0.15) is 43.2 Å². The van der Waals surface area contributed by atoms with Crippen molar-refractivity contribution in [3.63, 3.8) is 0 Å². The van der Waals surface area contributed by atoms with Gasteiger partial charge in [0.15, 0.2) is 0 Å². The summed E-state index contributed by atoms with van der Waals surface area (Å²) in [6, 6.07) is 20.8. The summed E-state index contributed by atoms with van der Waals surface area (Å²) in [5, 5.41) is 3.13. The molecule has 10 heteroatoms. The first-order chi connectivity index (χ1) is 20.2. The lowest BCUT2D eigenvalue weighted by Gasteiger charge is -2.35. The fraction of sp³-hybridized carbons (Fsp3) is 0.375. The predicted octanol–water partition coefficient (Wildman–Crippen LogP) is 4.69.